The van der Waals surface area contributed by atoms with E-state index in [4.69, 9.17) is 11.6 Å². The second-order valence-electron chi connectivity index (χ2n) is 5.22. The highest BCUT2D eigenvalue weighted by Crippen LogP contribution is 2.12. The van der Waals surface area contributed by atoms with Crippen LogP contribution in [0, 0.1) is 0 Å². The number of carbonyl (C=O) groups is 1. The molecule has 0 spiro atoms. The van der Waals surface area contributed by atoms with Crippen LogP contribution in [0.15, 0.2) is 12.1 Å². The van der Waals surface area contributed by atoms with Gasteiger partial charge in [0.05, 0.1) is 0 Å². The molecule has 0 saturated carbocycles. The van der Waals surface area contributed by atoms with Crippen molar-refractivity contribution in [3.05, 3.63) is 28.5 Å². The van der Waals surface area contributed by atoms with Crippen molar-refractivity contribution in [2.24, 2.45) is 0 Å². The third-order valence-corrected chi connectivity index (χ3v) is 3.72. The lowest BCUT2D eigenvalue weighted by atomic mass is 10.1. The molecule has 1 aliphatic heterocycles. The zero-order valence-electron chi connectivity index (χ0n) is 12.0. The summed E-state index contributed by atoms with van der Waals surface area (Å²) in [7, 11) is 0. The number of halogens is 1. The van der Waals surface area contributed by atoms with E-state index in [9.17, 15) is 4.79 Å². The lowest BCUT2D eigenvalue weighted by Crippen LogP contribution is -2.33. The fourth-order valence-electron chi connectivity index (χ4n) is 2.50. The second kappa shape index (κ2) is 7.60. The molecule has 2 heterocycles. The third kappa shape index (κ3) is 4.46. The molecule has 0 unspecified atom stereocenters. The minimum atomic E-state index is -0.0640. The molecular formula is C15H22ClN3O. The number of nitrogens with zero attached hydrogens (tertiary/aromatic N) is 2. The molecule has 0 radical (unpaired) electrons. The number of nitrogens with one attached hydrogen (secondary N) is 1. The van der Waals surface area contributed by atoms with Gasteiger partial charge in [-0.15, -0.1) is 0 Å². The number of pyridine rings is 1. The molecule has 110 valence electrons. The number of aryl methyl sites for hydroxylation is 1. The standard InChI is InChI=1S/C15H22ClN3O/c1-2-5-13-10-12(11-14(16)18-13)15(20)17-6-9-19-7-3-4-8-19/h10-11H,2-9H2,1H3,(H,17,20). The van der Waals surface area contributed by atoms with Gasteiger partial charge >= 0.3 is 0 Å². The third-order valence-electron chi connectivity index (χ3n) is 3.53. The summed E-state index contributed by atoms with van der Waals surface area (Å²) in [6.45, 7) is 5.99. The van der Waals surface area contributed by atoms with Crippen LogP contribution in [0.2, 0.25) is 5.15 Å². The van der Waals surface area contributed by atoms with Crippen LogP contribution in [0.5, 0.6) is 0 Å². The Morgan fingerprint density at radius 2 is 2.15 bits per heavy atom. The first-order valence-corrected chi connectivity index (χ1v) is 7.74. The number of carbonyl (C=O) groups excluding carboxylic acids is 1. The topological polar surface area (TPSA) is 45.2 Å². The van der Waals surface area contributed by atoms with E-state index in [1.165, 1.54) is 12.8 Å². The van der Waals surface area contributed by atoms with Crippen molar-refractivity contribution in [3.63, 3.8) is 0 Å². The monoisotopic (exact) mass is 295 g/mol. The van der Waals surface area contributed by atoms with Gasteiger partial charge < -0.3 is 10.2 Å². The SMILES string of the molecule is CCCc1cc(C(=O)NCCN2CCCC2)cc(Cl)n1. The van der Waals surface area contributed by atoms with Gasteiger partial charge in [0.15, 0.2) is 0 Å². The zero-order valence-corrected chi connectivity index (χ0v) is 12.7. The Morgan fingerprint density at radius 3 is 2.85 bits per heavy atom. The Hall–Kier alpha value is -1.13. The maximum absolute atomic E-state index is 12.1. The van der Waals surface area contributed by atoms with Gasteiger partial charge in [-0.25, -0.2) is 4.98 Å². The summed E-state index contributed by atoms with van der Waals surface area (Å²) < 4.78 is 0. The molecule has 1 saturated heterocycles. The molecule has 1 aromatic rings. The lowest BCUT2D eigenvalue weighted by molar-refractivity contribution is 0.0949. The number of hydrogen-bond donors (Lipinski definition) is 1. The highest BCUT2D eigenvalue weighted by Gasteiger charge is 2.12. The maximum Gasteiger partial charge on any atom is 0.251 e. The van der Waals surface area contributed by atoms with Crippen molar-refractivity contribution in [2.75, 3.05) is 26.2 Å². The summed E-state index contributed by atoms with van der Waals surface area (Å²) in [5.41, 5.74) is 1.49. The van der Waals surface area contributed by atoms with Gasteiger partial charge in [-0.2, -0.15) is 0 Å². The Kier molecular flexibility index (Phi) is 5.80. The molecule has 0 bridgehead atoms. The summed E-state index contributed by atoms with van der Waals surface area (Å²) in [6.07, 6.45) is 4.38. The average molecular weight is 296 g/mol. The molecule has 0 aromatic carbocycles. The van der Waals surface area contributed by atoms with Gasteiger partial charge in [0.25, 0.3) is 5.91 Å². The largest absolute Gasteiger partial charge is 0.351 e. The van der Waals surface area contributed by atoms with E-state index < -0.39 is 0 Å². The van der Waals surface area contributed by atoms with Crippen molar-refractivity contribution < 1.29 is 4.79 Å². The molecular weight excluding hydrogens is 274 g/mol. The van der Waals surface area contributed by atoms with Crippen LogP contribution in [0.1, 0.15) is 42.2 Å². The Balaban J connectivity index is 1.87. The van der Waals surface area contributed by atoms with E-state index >= 15 is 0 Å². The maximum atomic E-state index is 12.1. The van der Waals surface area contributed by atoms with Crippen molar-refractivity contribution in [3.8, 4) is 0 Å². The van der Waals surface area contributed by atoms with Gasteiger partial charge in [0.1, 0.15) is 5.15 Å². The fourth-order valence-corrected chi connectivity index (χ4v) is 2.73. The quantitative estimate of drug-likeness (QED) is 0.820. The van der Waals surface area contributed by atoms with Crippen LogP contribution < -0.4 is 5.32 Å². The van der Waals surface area contributed by atoms with Crippen LogP contribution >= 0.6 is 11.6 Å². The highest BCUT2D eigenvalue weighted by atomic mass is 35.5. The zero-order chi connectivity index (χ0) is 14.4. The van der Waals surface area contributed by atoms with Crippen LogP contribution in [-0.2, 0) is 6.42 Å². The molecule has 4 nitrogen and oxygen atoms in total. The first-order valence-electron chi connectivity index (χ1n) is 7.36. The van der Waals surface area contributed by atoms with Gasteiger partial charge in [-0.1, -0.05) is 24.9 Å². The smallest absolute Gasteiger partial charge is 0.251 e. The first kappa shape index (κ1) is 15.3. The molecule has 0 atom stereocenters. The number of amides is 1. The van der Waals surface area contributed by atoms with Crippen molar-refractivity contribution in [1.29, 1.82) is 0 Å². The summed E-state index contributed by atoms with van der Waals surface area (Å²) in [6, 6.07) is 3.46. The number of likely N-dealkylation sites (tertiary alicyclic amines) is 1. The molecule has 1 amide bonds. The van der Waals surface area contributed by atoms with E-state index in [-0.39, 0.29) is 5.91 Å². The van der Waals surface area contributed by atoms with E-state index in [1.807, 2.05) is 6.07 Å². The number of hydrogen-bond acceptors (Lipinski definition) is 3. The van der Waals surface area contributed by atoms with Gasteiger partial charge in [-0.3, -0.25) is 4.79 Å². The van der Waals surface area contributed by atoms with Crippen molar-refractivity contribution in [1.82, 2.24) is 15.2 Å². The lowest BCUT2D eigenvalue weighted by Gasteiger charge is -2.14. The minimum Gasteiger partial charge on any atom is -0.351 e. The molecule has 5 heteroatoms. The van der Waals surface area contributed by atoms with E-state index in [1.54, 1.807) is 6.07 Å². The predicted octanol–water partition coefficient (Wildman–Crippen LogP) is 2.51. The predicted molar refractivity (Wildman–Crippen MR) is 81.2 cm³/mol. The van der Waals surface area contributed by atoms with E-state index in [0.717, 1.165) is 38.2 Å². The summed E-state index contributed by atoms with van der Waals surface area (Å²) in [5.74, 6) is -0.0640. The van der Waals surface area contributed by atoms with Crippen molar-refractivity contribution in [2.45, 2.75) is 32.6 Å². The molecule has 1 aliphatic rings. The Labute approximate surface area is 125 Å². The average Bonchev–Trinajstić information content (AvgIpc) is 2.91. The fraction of sp³-hybridized carbons (Fsp3) is 0.600. The molecule has 0 aliphatic carbocycles. The van der Waals surface area contributed by atoms with Crippen LogP contribution in [0.4, 0.5) is 0 Å². The summed E-state index contributed by atoms with van der Waals surface area (Å²) in [4.78, 5) is 18.7. The molecule has 1 fully saturated rings. The van der Waals surface area contributed by atoms with Gasteiger partial charge in [0.2, 0.25) is 0 Å². The van der Waals surface area contributed by atoms with Crippen molar-refractivity contribution >= 4 is 17.5 Å². The first-order chi connectivity index (χ1) is 9.69. The molecule has 1 N–H and O–H groups in total. The highest BCUT2D eigenvalue weighted by molar-refractivity contribution is 6.29. The van der Waals surface area contributed by atoms with E-state index in [0.29, 0.717) is 17.3 Å². The molecule has 2 rings (SSSR count). The van der Waals surface area contributed by atoms with Crippen LogP contribution in [0.3, 0.4) is 0 Å². The van der Waals surface area contributed by atoms with E-state index in [2.05, 4.69) is 22.1 Å². The Morgan fingerprint density at radius 1 is 1.40 bits per heavy atom. The van der Waals surface area contributed by atoms with Crippen LogP contribution in [0.25, 0.3) is 0 Å². The van der Waals surface area contributed by atoms with Crippen LogP contribution in [-0.4, -0.2) is 42.0 Å². The number of aromatic nitrogens is 1. The minimum absolute atomic E-state index is 0.0640. The second-order valence-corrected chi connectivity index (χ2v) is 5.61. The Bertz CT molecular complexity index is 458. The van der Waals surface area contributed by atoms with Gasteiger partial charge in [0, 0.05) is 24.3 Å². The molecule has 1 aromatic heterocycles. The molecule has 20 heavy (non-hydrogen) atoms. The number of rotatable bonds is 6. The summed E-state index contributed by atoms with van der Waals surface area (Å²) >= 11 is 5.97. The normalized spacial score (nSPS) is 15.5. The summed E-state index contributed by atoms with van der Waals surface area (Å²) in [5, 5.41) is 3.34. The van der Waals surface area contributed by atoms with Gasteiger partial charge in [-0.05, 0) is 44.5 Å².